The average Bonchev–Trinajstić information content (AvgIpc) is 3.04. The molecular formula is C18H32N4O2S. The van der Waals surface area contributed by atoms with E-state index in [1.165, 1.54) is 9.88 Å². The molecule has 0 amide bonds. The first-order valence-electron chi connectivity index (χ1n) is 9.37. The van der Waals surface area contributed by atoms with Crippen LogP contribution in [0.15, 0.2) is 11.2 Å². The van der Waals surface area contributed by atoms with Crippen LogP contribution in [0.4, 0.5) is 0 Å². The standard InChI is InChI=1S/C18H32N4O2S/c1-3-19-18(21-9-5-17-22-13-15(2)25-17)20-8-4-10-24-14-16-6-11-23-12-7-16/h13,16H,3-12,14H2,1-2H3,(H2,19,20,21). The molecule has 1 aliphatic rings. The van der Waals surface area contributed by atoms with Crippen molar-refractivity contribution in [1.82, 2.24) is 15.6 Å². The summed E-state index contributed by atoms with van der Waals surface area (Å²) in [6.45, 7) is 10.1. The van der Waals surface area contributed by atoms with Crippen LogP contribution in [0, 0.1) is 12.8 Å². The first kappa shape index (κ1) is 20.1. The van der Waals surface area contributed by atoms with Crippen molar-refractivity contribution in [2.45, 2.75) is 39.5 Å². The number of nitrogens with one attached hydrogen (secondary N) is 2. The third-order valence-electron chi connectivity index (χ3n) is 4.06. The molecule has 0 unspecified atom stereocenters. The number of rotatable bonds is 10. The number of ether oxygens (including phenoxy) is 2. The van der Waals surface area contributed by atoms with E-state index in [1.807, 2.05) is 6.20 Å². The third-order valence-corrected chi connectivity index (χ3v) is 5.03. The lowest BCUT2D eigenvalue weighted by molar-refractivity contribution is 0.0205. The summed E-state index contributed by atoms with van der Waals surface area (Å²) in [5, 5.41) is 7.82. The van der Waals surface area contributed by atoms with Crippen molar-refractivity contribution in [3.8, 4) is 0 Å². The van der Waals surface area contributed by atoms with Gasteiger partial charge in [0.15, 0.2) is 5.96 Å². The fourth-order valence-corrected chi connectivity index (χ4v) is 3.45. The van der Waals surface area contributed by atoms with Crippen molar-refractivity contribution in [2.24, 2.45) is 10.9 Å². The SMILES string of the molecule is CCNC(=NCCCOCC1CCOCC1)NCCc1ncc(C)s1. The Labute approximate surface area is 155 Å². The summed E-state index contributed by atoms with van der Waals surface area (Å²) in [5.74, 6) is 1.55. The third kappa shape index (κ3) is 8.65. The van der Waals surface area contributed by atoms with E-state index in [0.29, 0.717) is 5.92 Å². The van der Waals surface area contributed by atoms with Crippen LogP contribution in [0.1, 0.15) is 36.1 Å². The zero-order valence-corrected chi connectivity index (χ0v) is 16.4. The lowest BCUT2D eigenvalue weighted by Gasteiger charge is -2.21. The van der Waals surface area contributed by atoms with E-state index < -0.39 is 0 Å². The molecule has 25 heavy (non-hydrogen) atoms. The fourth-order valence-electron chi connectivity index (χ4n) is 2.67. The summed E-state index contributed by atoms with van der Waals surface area (Å²) in [7, 11) is 0. The maximum atomic E-state index is 5.78. The van der Waals surface area contributed by atoms with Gasteiger partial charge >= 0.3 is 0 Å². The molecule has 2 heterocycles. The summed E-state index contributed by atoms with van der Waals surface area (Å²) in [6, 6.07) is 0. The predicted molar refractivity (Wildman–Crippen MR) is 104 cm³/mol. The van der Waals surface area contributed by atoms with E-state index in [2.05, 4.69) is 34.5 Å². The second-order valence-corrected chi connectivity index (χ2v) is 7.61. The molecule has 0 saturated carbocycles. The topological polar surface area (TPSA) is 67.8 Å². The lowest BCUT2D eigenvalue weighted by Crippen LogP contribution is -2.38. The second kappa shape index (κ2) is 12.2. The maximum Gasteiger partial charge on any atom is 0.191 e. The number of hydrogen-bond acceptors (Lipinski definition) is 5. The highest BCUT2D eigenvalue weighted by atomic mass is 32.1. The molecule has 2 rings (SSSR count). The highest BCUT2D eigenvalue weighted by molar-refractivity contribution is 7.11. The van der Waals surface area contributed by atoms with Crippen LogP contribution in [0.5, 0.6) is 0 Å². The Balaban J connectivity index is 1.56. The number of aryl methyl sites for hydroxylation is 1. The van der Waals surface area contributed by atoms with E-state index in [0.717, 1.165) is 77.7 Å². The Hall–Kier alpha value is -1.18. The molecule has 1 aromatic heterocycles. The minimum absolute atomic E-state index is 0.672. The van der Waals surface area contributed by atoms with E-state index >= 15 is 0 Å². The van der Waals surface area contributed by atoms with Crippen molar-refractivity contribution in [3.63, 3.8) is 0 Å². The monoisotopic (exact) mass is 368 g/mol. The fraction of sp³-hybridized carbons (Fsp3) is 0.778. The molecule has 0 aliphatic carbocycles. The number of aromatic nitrogens is 1. The largest absolute Gasteiger partial charge is 0.381 e. The number of thiazole rings is 1. The first-order valence-corrected chi connectivity index (χ1v) is 10.2. The average molecular weight is 369 g/mol. The molecule has 0 bridgehead atoms. The zero-order valence-electron chi connectivity index (χ0n) is 15.6. The number of nitrogens with zero attached hydrogens (tertiary/aromatic N) is 2. The van der Waals surface area contributed by atoms with Gasteiger partial charge < -0.3 is 20.1 Å². The quantitative estimate of drug-likeness (QED) is 0.377. The Morgan fingerprint density at radius 1 is 1.40 bits per heavy atom. The Morgan fingerprint density at radius 2 is 2.24 bits per heavy atom. The number of aliphatic imine (C=N–C) groups is 1. The van der Waals surface area contributed by atoms with Gasteiger partial charge in [0, 0.05) is 63.6 Å². The molecule has 6 nitrogen and oxygen atoms in total. The van der Waals surface area contributed by atoms with Gasteiger partial charge in [-0.25, -0.2) is 4.98 Å². The van der Waals surface area contributed by atoms with E-state index in [9.17, 15) is 0 Å². The first-order chi connectivity index (χ1) is 12.3. The van der Waals surface area contributed by atoms with Gasteiger partial charge in [-0.05, 0) is 39.0 Å². The Morgan fingerprint density at radius 3 is 2.96 bits per heavy atom. The highest BCUT2D eigenvalue weighted by Gasteiger charge is 2.13. The van der Waals surface area contributed by atoms with E-state index in [4.69, 9.17) is 9.47 Å². The van der Waals surface area contributed by atoms with Gasteiger partial charge in [-0.3, -0.25) is 4.99 Å². The van der Waals surface area contributed by atoms with Gasteiger partial charge in [-0.1, -0.05) is 0 Å². The molecule has 7 heteroatoms. The second-order valence-electron chi connectivity index (χ2n) is 6.29. The maximum absolute atomic E-state index is 5.78. The van der Waals surface area contributed by atoms with Crippen molar-refractivity contribution < 1.29 is 9.47 Å². The smallest absolute Gasteiger partial charge is 0.191 e. The van der Waals surface area contributed by atoms with Crippen molar-refractivity contribution in [3.05, 3.63) is 16.1 Å². The van der Waals surface area contributed by atoms with Crippen LogP contribution in [-0.2, 0) is 15.9 Å². The Bertz CT molecular complexity index is 501. The Kier molecular flexibility index (Phi) is 9.84. The molecule has 1 aromatic rings. The van der Waals surface area contributed by atoms with Crippen LogP contribution in [-0.4, -0.2) is 57.0 Å². The summed E-state index contributed by atoms with van der Waals surface area (Å²) in [5.41, 5.74) is 0. The molecule has 0 spiro atoms. The zero-order chi connectivity index (χ0) is 17.7. The van der Waals surface area contributed by atoms with Crippen molar-refractivity contribution >= 4 is 17.3 Å². The molecule has 1 saturated heterocycles. The summed E-state index contributed by atoms with van der Waals surface area (Å²) in [6.07, 6.45) is 6.07. The summed E-state index contributed by atoms with van der Waals surface area (Å²) in [4.78, 5) is 10.3. The van der Waals surface area contributed by atoms with Crippen LogP contribution in [0.2, 0.25) is 0 Å². The summed E-state index contributed by atoms with van der Waals surface area (Å²) >= 11 is 1.76. The lowest BCUT2D eigenvalue weighted by atomic mass is 10.0. The summed E-state index contributed by atoms with van der Waals surface area (Å²) < 4.78 is 11.1. The van der Waals surface area contributed by atoms with Gasteiger partial charge in [-0.15, -0.1) is 11.3 Å². The van der Waals surface area contributed by atoms with Gasteiger partial charge in [0.25, 0.3) is 0 Å². The van der Waals surface area contributed by atoms with Crippen molar-refractivity contribution in [1.29, 1.82) is 0 Å². The van der Waals surface area contributed by atoms with Gasteiger partial charge in [-0.2, -0.15) is 0 Å². The molecular weight excluding hydrogens is 336 g/mol. The normalized spacial score (nSPS) is 16.2. The molecule has 142 valence electrons. The number of guanidine groups is 1. The van der Waals surface area contributed by atoms with Crippen LogP contribution in [0.25, 0.3) is 0 Å². The minimum Gasteiger partial charge on any atom is -0.381 e. The predicted octanol–water partition coefficient (Wildman–Crippen LogP) is 2.38. The number of hydrogen-bond donors (Lipinski definition) is 2. The van der Waals surface area contributed by atoms with Gasteiger partial charge in [0.2, 0.25) is 0 Å². The van der Waals surface area contributed by atoms with Gasteiger partial charge in [0.1, 0.15) is 0 Å². The van der Waals surface area contributed by atoms with Crippen LogP contribution < -0.4 is 10.6 Å². The van der Waals surface area contributed by atoms with Gasteiger partial charge in [0.05, 0.1) is 5.01 Å². The molecule has 2 N–H and O–H groups in total. The van der Waals surface area contributed by atoms with Crippen LogP contribution in [0.3, 0.4) is 0 Å². The highest BCUT2D eigenvalue weighted by Crippen LogP contribution is 2.14. The minimum atomic E-state index is 0.672. The van der Waals surface area contributed by atoms with E-state index in [1.54, 1.807) is 11.3 Å². The van der Waals surface area contributed by atoms with Crippen molar-refractivity contribution in [2.75, 3.05) is 46.1 Å². The molecule has 0 radical (unpaired) electrons. The molecule has 0 atom stereocenters. The van der Waals surface area contributed by atoms with E-state index in [-0.39, 0.29) is 0 Å². The molecule has 1 fully saturated rings. The van der Waals surface area contributed by atoms with Crippen LogP contribution >= 0.6 is 11.3 Å². The molecule has 1 aliphatic heterocycles. The molecule has 0 aromatic carbocycles.